The number of thioether (sulfide) groups is 1. The molecule has 9 nitrogen and oxygen atoms in total. The molecule has 0 aromatic heterocycles. The van der Waals surface area contributed by atoms with Gasteiger partial charge in [-0.3, -0.25) is 14.4 Å². The number of nitrogens with two attached hydrogens (primary N) is 1. The standard InChI is InChI=1S/C28H38N4O5S/c1-17-11-18(2)25(20(29)12-17)37-14-23(33)30-21(13-19-9-7-6-8-10-19)24(34)27(36)32-16-38-15-22(32)26(35)31-28(3,4)5/h6-12,21-22,24,34H,13-16,29H2,1-5H3,(H,30,33)(H,31,35)/t21-,22-,24-/m0/s1. The van der Waals surface area contributed by atoms with Crippen molar-refractivity contribution in [2.75, 3.05) is 24.0 Å². The van der Waals surface area contributed by atoms with Gasteiger partial charge >= 0.3 is 0 Å². The Morgan fingerprint density at radius 3 is 2.50 bits per heavy atom. The normalized spacial score (nSPS) is 17.0. The minimum absolute atomic E-state index is 0.213. The zero-order valence-corrected chi connectivity index (χ0v) is 23.4. The van der Waals surface area contributed by atoms with Crippen molar-refractivity contribution < 1.29 is 24.2 Å². The molecule has 3 rings (SSSR count). The predicted molar refractivity (Wildman–Crippen MR) is 150 cm³/mol. The summed E-state index contributed by atoms with van der Waals surface area (Å²) in [5.74, 6) is -0.254. The van der Waals surface area contributed by atoms with E-state index in [0.29, 0.717) is 17.2 Å². The van der Waals surface area contributed by atoms with Gasteiger partial charge in [0.15, 0.2) is 12.7 Å². The van der Waals surface area contributed by atoms with Gasteiger partial charge in [0.05, 0.1) is 17.6 Å². The fourth-order valence-electron chi connectivity index (χ4n) is 4.35. The van der Waals surface area contributed by atoms with Gasteiger partial charge in [-0.2, -0.15) is 0 Å². The fraction of sp³-hybridized carbons (Fsp3) is 0.464. The minimum Gasteiger partial charge on any atom is -0.481 e. The average molecular weight is 543 g/mol. The largest absolute Gasteiger partial charge is 0.481 e. The Morgan fingerprint density at radius 2 is 1.87 bits per heavy atom. The second-order valence-corrected chi connectivity index (χ2v) is 11.7. The van der Waals surface area contributed by atoms with E-state index in [0.717, 1.165) is 16.7 Å². The molecule has 38 heavy (non-hydrogen) atoms. The molecule has 0 radical (unpaired) electrons. The topological polar surface area (TPSA) is 134 Å². The van der Waals surface area contributed by atoms with Gasteiger partial charge in [-0.15, -0.1) is 11.8 Å². The van der Waals surface area contributed by atoms with E-state index in [-0.39, 0.29) is 24.8 Å². The maximum Gasteiger partial charge on any atom is 0.258 e. The lowest BCUT2D eigenvalue weighted by molar-refractivity contribution is -0.147. The number of benzene rings is 2. The van der Waals surface area contributed by atoms with Crippen LogP contribution in [-0.2, 0) is 20.8 Å². The number of ether oxygens (including phenoxy) is 1. The van der Waals surface area contributed by atoms with E-state index in [1.54, 1.807) is 6.07 Å². The number of nitrogens with one attached hydrogen (secondary N) is 2. The van der Waals surface area contributed by atoms with Crippen LogP contribution in [0.3, 0.4) is 0 Å². The molecule has 0 spiro atoms. The van der Waals surface area contributed by atoms with Crippen LogP contribution >= 0.6 is 11.8 Å². The van der Waals surface area contributed by atoms with Gasteiger partial charge in [-0.05, 0) is 63.8 Å². The summed E-state index contributed by atoms with van der Waals surface area (Å²) in [6, 6.07) is 11.3. The molecule has 1 fully saturated rings. The molecular formula is C28H38N4O5S. The molecule has 0 saturated carbocycles. The molecule has 1 saturated heterocycles. The van der Waals surface area contributed by atoms with Crippen LogP contribution in [0.5, 0.6) is 5.75 Å². The molecule has 1 aliphatic heterocycles. The maximum atomic E-state index is 13.4. The molecule has 1 aliphatic rings. The zero-order valence-electron chi connectivity index (χ0n) is 22.6. The number of nitrogen functional groups attached to an aromatic ring is 1. The van der Waals surface area contributed by atoms with Gasteiger partial charge in [-0.1, -0.05) is 36.4 Å². The van der Waals surface area contributed by atoms with Crippen molar-refractivity contribution in [3.63, 3.8) is 0 Å². The Balaban J connectivity index is 1.74. The molecule has 0 aliphatic carbocycles. The van der Waals surface area contributed by atoms with Crippen LogP contribution in [0.25, 0.3) is 0 Å². The molecular weight excluding hydrogens is 504 g/mol. The van der Waals surface area contributed by atoms with Crippen LogP contribution in [0.4, 0.5) is 5.69 Å². The van der Waals surface area contributed by atoms with Crippen molar-refractivity contribution in [3.8, 4) is 5.75 Å². The SMILES string of the molecule is Cc1cc(C)c(OCC(=O)N[C@@H](Cc2ccccc2)[C@H](O)C(=O)N2CSC[C@H]2C(=O)NC(C)(C)C)c(N)c1. The summed E-state index contributed by atoms with van der Waals surface area (Å²) in [7, 11) is 0. The summed E-state index contributed by atoms with van der Waals surface area (Å²) in [4.78, 5) is 40.5. The second-order valence-electron chi connectivity index (χ2n) is 10.7. The summed E-state index contributed by atoms with van der Waals surface area (Å²) in [6.07, 6.45) is -1.35. The molecule has 3 atom stereocenters. The number of aliphatic hydroxyl groups is 1. The molecule has 10 heteroatoms. The molecule has 0 unspecified atom stereocenters. The van der Waals surface area contributed by atoms with E-state index in [4.69, 9.17) is 10.5 Å². The minimum atomic E-state index is -1.56. The highest BCUT2D eigenvalue weighted by atomic mass is 32.2. The third-order valence-corrected chi connectivity index (χ3v) is 7.05. The van der Waals surface area contributed by atoms with Crippen molar-refractivity contribution in [2.24, 2.45) is 0 Å². The summed E-state index contributed by atoms with van der Waals surface area (Å²) >= 11 is 1.44. The molecule has 5 N–H and O–H groups in total. The van der Waals surface area contributed by atoms with Crippen molar-refractivity contribution in [2.45, 2.75) is 64.8 Å². The first-order valence-electron chi connectivity index (χ1n) is 12.6. The van der Waals surface area contributed by atoms with Gasteiger partial charge in [0.1, 0.15) is 11.8 Å². The zero-order chi connectivity index (χ0) is 28.0. The van der Waals surface area contributed by atoms with Crippen LogP contribution in [0, 0.1) is 13.8 Å². The van der Waals surface area contributed by atoms with Gasteiger partial charge in [-0.25, -0.2) is 0 Å². The summed E-state index contributed by atoms with van der Waals surface area (Å²) in [5, 5.41) is 16.8. The van der Waals surface area contributed by atoms with E-state index < -0.39 is 35.5 Å². The number of hydrogen-bond acceptors (Lipinski definition) is 7. The fourth-order valence-corrected chi connectivity index (χ4v) is 5.52. The van der Waals surface area contributed by atoms with E-state index >= 15 is 0 Å². The number of rotatable bonds is 9. The quantitative estimate of drug-likeness (QED) is 0.357. The number of carbonyl (C=O) groups is 3. The van der Waals surface area contributed by atoms with Crippen molar-refractivity contribution in [1.82, 2.24) is 15.5 Å². The summed E-state index contributed by atoms with van der Waals surface area (Å²) in [5.41, 5.74) is 8.66. The first-order valence-corrected chi connectivity index (χ1v) is 13.7. The molecule has 0 bridgehead atoms. The van der Waals surface area contributed by atoms with E-state index in [1.165, 1.54) is 16.7 Å². The number of anilines is 1. The van der Waals surface area contributed by atoms with Crippen LogP contribution < -0.4 is 21.1 Å². The Morgan fingerprint density at radius 1 is 1.18 bits per heavy atom. The molecule has 2 aromatic rings. The number of carbonyl (C=O) groups excluding carboxylic acids is 3. The Hall–Kier alpha value is -3.24. The lowest BCUT2D eigenvalue weighted by Gasteiger charge is -2.31. The van der Waals surface area contributed by atoms with Crippen LogP contribution in [-0.4, -0.2) is 69.7 Å². The first-order chi connectivity index (χ1) is 17.9. The first kappa shape index (κ1) is 29.3. The average Bonchev–Trinajstić information content (AvgIpc) is 3.32. The number of hydrogen-bond donors (Lipinski definition) is 4. The number of aliphatic hydroxyl groups excluding tert-OH is 1. The Kier molecular flexibility index (Phi) is 9.67. The second kappa shape index (κ2) is 12.5. The number of amides is 3. The summed E-state index contributed by atoms with van der Waals surface area (Å²) < 4.78 is 5.70. The van der Waals surface area contributed by atoms with Crippen LogP contribution in [0.15, 0.2) is 42.5 Å². The van der Waals surface area contributed by atoms with Crippen molar-refractivity contribution in [1.29, 1.82) is 0 Å². The lowest BCUT2D eigenvalue weighted by atomic mass is 9.99. The molecule has 206 valence electrons. The Bertz CT molecular complexity index is 1130. The highest BCUT2D eigenvalue weighted by molar-refractivity contribution is 7.99. The summed E-state index contributed by atoms with van der Waals surface area (Å²) in [6.45, 7) is 9.03. The van der Waals surface area contributed by atoms with Gasteiger partial charge in [0.2, 0.25) is 5.91 Å². The number of aryl methyl sites for hydroxylation is 2. The maximum absolute atomic E-state index is 13.4. The van der Waals surface area contributed by atoms with Gasteiger partial charge < -0.3 is 31.1 Å². The van der Waals surface area contributed by atoms with E-state index in [9.17, 15) is 19.5 Å². The highest BCUT2D eigenvalue weighted by Crippen LogP contribution is 2.27. The van der Waals surface area contributed by atoms with Crippen LogP contribution in [0.2, 0.25) is 0 Å². The third kappa shape index (κ3) is 7.88. The van der Waals surface area contributed by atoms with Gasteiger partial charge in [0.25, 0.3) is 11.8 Å². The Labute approximate surface area is 228 Å². The van der Waals surface area contributed by atoms with E-state index in [1.807, 2.05) is 71.0 Å². The van der Waals surface area contributed by atoms with Crippen molar-refractivity contribution >= 4 is 35.2 Å². The smallest absolute Gasteiger partial charge is 0.258 e. The van der Waals surface area contributed by atoms with E-state index in [2.05, 4.69) is 10.6 Å². The van der Waals surface area contributed by atoms with Gasteiger partial charge in [0, 0.05) is 11.3 Å². The molecule has 1 heterocycles. The highest BCUT2D eigenvalue weighted by Gasteiger charge is 2.40. The number of nitrogens with zero attached hydrogens (tertiary/aromatic N) is 1. The van der Waals surface area contributed by atoms with Crippen molar-refractivity contribution in [3.05, 3.63) is 59.2 Å². The van der Waals surface area contributed by atoms with Crippen LogP contribution in [0.1, 0.15) is 37.5 Å². The predicted octanol–water partition coefficient (Wildman–Crippen LogP) is 2.17. The molecule has 3 amide bonds. The third-order valence-electron chi connectivity index (χ3n) is 6.04. The lowest BCUT2D eigenvalue weighted by Crippen LogP contribution is -2.58. The monoisotopic (exact) mass is 542 g/mol. The molecule has 2 aromatic carbocycles.